The molecule has 0 aliphatic rings. The van der Waals surface area contributed by atoms with Crippen LogP contribution in [-0.2, 0) is 9.53 Å². The standard InChI is InChI=1S/C17H25N3O3S/c1-13(14-8-10-15(22-2)11-9-14)19-20-17(24)18-12-6-4-5-7-16(21)23-3/h8-11H,4-7,12H2,1-3H3,(H2,18,20,24)/b19-13-. The van der Waals surface area contributed by atoms with Crippen molar-refractivity contribution in [3.63, 3.8) is 0 Å². The Morgan fingerprint density at radius 1 is 1.17 bits per heavy atom. The number of benzene rings is 1. The van der Waals surface area contributed by atoms with Crippen LogP contribution in [-0.4, -0.2) is 37.6 Å². The second kappa shape index (κ2) is 11.4. The number of rotatable bonds is 9. The van der Waals surface area contributed by atoms with Gasteiger partial charge in [-0.3, -0.25) is 10.2 Å². The van der Waals surface area contributed by atoms with Crippen molar-refractivity contribution in [2.45, 2.75) is 32.6 Å². The van der Waals surface area contributed by atoms with Gasteiger partial charge in [-0.2, -0.15) is 5.10 Å². The number of hydrogen-bond acceptors (Lipinski definition) is 5. The molecule has 0 bridgehead atoms. The Labute approximate surface area is 148 Å². The summed E-state index contributed by atoms with van der Waals surface area (Å²) in [6.07, 6.45) is 3.16. The van der Waals surface area contributed by atoms with Crippen molar-refractivity contribution in [1.82, 2.24) is 10.7 Å². The van der Waals surface area contributed by atoms with Gasteiger partial charge in [0.15, 0.2) is 5.11 Å². The first kappa shape index (κ1) is 19.9. The summed E-state index contributed by atoms with van der Waals surface area (Å²) in [6, 6.07) is 7.66. The van der Waals surface area contributed by atoms with Crippen molar-refractivity contribution >= 4 is 29.0 Å². The van der Waals surface area contributed by atoms with Crippen LogP contribution in [0.5, 0.6) is 5.75 Å². The monoisotopic (exact) mass is 351 g/mol. The first-order valence-corrected chi connectivity index (χ1v) is 8.27. The van der Waals surface area contributed by atoms with Gasteiger partial charge < -0.3 is 14.8 Å². The van der Waals surface area contributed by atoms with Crippen molar-refractivity contribution in [1.29, 1.82) is 0 Å². The third-order valence-electron chi connectivity index (χ3n) is 3.40. The van der Waals surface area contributed by atoms with E-state index < -0.39 is 0 Å². The summed E-state index contributed by atoms with van der Waals surface area (Å²) in [4.78, 5) is 11.0. The van der Waals surface area contributed by atoms with E-state index in [0.717, 1.165) is 42.8 Å². The molecule has 1 aromatic rings. The van der Waals surface area contributed by atoms with Crippen molar-refractivity contribution in [3.8, 4) is 5.75 Å². The number of hydrazone groups is 1. The largest absolute Gasteiger partial charge is 0.497 e. The van der Waals surface area contributed by atoms with Crippen molar-refractivity contribution < 1.29 is 14.3 Å². The minimum Gasteiger partial charge on any atom is -0.497 e. The summed E-state index contributed by atoms with van der Waals surface area (Å²) in [5.41, 5.74) is 4.66. The van der Waals surface area contributed by atoms with Crippen molar-refractivity contribution in [2.75, 3.05) is 20.8 Å². The number of nitrogens with zero attached hydrogens (tertiary/aromatic N) is 1. The summed E-state index contributed by atoms with van der Waals surface area (Å²) in [6.45, 7) is 2.65. The summed E-state index contributed by atoms with van der Waals surface area (Å²) in [5.74, 6) is 0.646. The van der Waals surface area contributed by atoms with Crippen LogP contribution in [0.1, 0.15) is 38.2 Å². The molecular weight excluding hydrogens is 326 g/mol. The lowest BCUT2D eigenvalue weighted by Crippen LogP contribution is -2.33. The topological polar surface area (TPSA) is 72.0 Å². The molecule has 0 aromatic heterocycles. The van der Waals surface area contributed by atoms with Gasteiger partial charge in [-0.25, -0.2) is 0 Å². The lowest BCUT2D eigenvalue weighted by molar-refractivity contribution is -0.140. The number of carbonyl (C=O) groups excluding carboxylic acids is 1. The molecule has 0 heterocycles. The smallest absolute Gasteiger partial charge is 0.305 e. The van der Waals surface area contributed by atoms with Crippen LogP contribution >= 0.6 is 12.2 Å². The fourth-order valence-electron chi connectivity index (χ4n) is 1.95. The van der Waals surface area contributed by atoms with Crippen LogP contribution in [0.3, 0.4) is 0 Å². The molecule has 0 unspecified atom stereocenters. The highest BCUT2D eigenvalue weighted by atomic mass is 32.1. The van der Waals surface area contributed by atoms with Crippen molar-refractivity contribution in [3.05, 3.63) is 29.8 Å². The van der Waals surface area contributed by atoms with E-state index in [9.17, 15) is 4.79 Å². The van der Waals surface area contributed by atoms with Crippen molar-refractivity contribution in [2.24, 2.45) is 5.10 Å². The number of thiocarbonyl (C=S) groups is 1. The molecule has 1 aromatic carbocycles. The lowest BCUT2D eigenvalue weighted by Gasteiger charge is -2.08. The average molecular weight is 351 g/mol. The quantitative estimate of drug-likeness (QED) is 0.234. The molecule has 0 aliphatic heterocycles. The Kier molecular flexibility index (Phi) is 9.45. The average Bonchev–Trinajstić information content (AvgIpc) is 2.62. The van der Waals surface area contributed by atoms with E-state index in [2.05, 4.69) is 20.6 Å². The Morgan fingerprint density at radius 3 is 2.50 bits per heavy atom. The molecule has 2 N–H and O–H groups in total. The van der Waals surface area contributed by atoms with E-state index >= 15 is 0 Å². The van der Waals surface area contributed by atoms with E-state index in [0.29, 0.717) is 11.5 Å². The van der Waals surface area contributed by atoms with Crippen LogP contribution in [0.25, 0.3) is 0 Å². The highest BCUT2D eigenvalue weighted by molar-refractivity contribution is 7.80. The van der Waals surface area contributed by atoms with Gasteiger partial charge in [-0.15, -0.1) is 0 Å². The second-order valence-electron chi connectivity index (χ2n) is 5.18. The van der Waals surface area contributed by atoms with Crippen LogP contribution in [0.15, 0.2) is 29.4 Å². The van der Waals surface area contributed by atoms with E-state index in [1.807, 2.05) is 31.2 Å². The molecule has 6 nitrogen and oxygen atoms in total. The molecule has 0 atom stereocenters. The van der Waals surface area contributed by atoms with Gasteiger partial charge in [0.05, 0.1) is 19.9 Å². The fraction of sp³-hybridized carbons (Fsp3) is 0.471. The van der Waals surface area contributed by atoms with Gasteiger partial charge in [-0.05, 0) is 61.8 Å². The fourth-order valence-corrected chi connectivity index (χ4v) is 2.09. The van der Waals surface area contributed by atoms with E-state index in [-0.39, 0.29) is 5.97 Å². The zero-order valence-electron chi connectivity index (χ0n) is 14.4. The normalized spacial score (nSPS) is 10.9. The number of ether oxygens (including phenoxy) is 2. The Balaban J connectivity index is 2.23. The maximum Gasteiger partial charge on any atom is 0.305 e. The van der Waals surface area contributed by atoms with Crippen LogP contribution in [0.2, 0.25) is 0 Å². The molecule has 0 amide bonds. The highest BCUT2D eigenvalue weighted by Gasteiger charge is 2.01. The number of esters is 1. The number of nitrogens with one attached hydrogen (secondary N) is 2. The Morgan fingerprint density at radius 2 is 1.88 bits per heavy atom. The minimum absolute atomic E-state index is 0.163. The third kappa shape index (κ3) is 7.92. The van der Waals surface area contributed by atoms with Gasteiger partial charge in [0.2, 0.25) is 0 Å². The third-order valence-corrected chi connectivity index (χ3v) is 3.64. The van der Waals surface area contributed by atoms with Gasteiger partial charge in [-0.1, -0.05) is 6.42 Å². The van der Waals surface area contributed by atoms with E-state index in [1.165, 1.54) is 7.11 Å². The maximum atomic E-state index is 11.0. The van der Waals surface area contributed by atoms with Gasteiger partial charge in [0.25, 0.3) is 0 Å². The molecule has 132 valence electrons. The lowest BCUT2D eigenvalue weighted by atomic mass is 10.1. The molecule has 0 radical (unpaired) electrons. The van der Waals surface area contributed by atoms with Gasteiger partial charge >= 0.3 is 5.97 Å². The first-order valence-electron chi connectivity index (χ1n) is 7.86. The Bertz CT molecular complexity index is 559. The second-order valence-corrected chi connectivity index (χ2v) is 5.59. The molecule has 0 spiro atoms. The summed E-state index contributed by atoms with van der Waals surface area (Å²) < 4.78 is 9.72. The molecule has 7 heteroatoms. The Hall–Kier alpha value is -2.15. The van der Waals surface area contributed by atoms with Gasteiger partial charge in [0.1, 0.15) is 5.75 Å². The summed E-state index contributed by atoms with van der Waals surface area (Å²) in [7, 11) is 3.04. The zero-order valence-corrected chi connectivity index (χ0v) is 15.2. The molecular formula is C17H25N3O3S. The molecule has 0 aliphatic carbocycles. The number of methoxy groups -OCH3 is 2. The number of carbonyl (C=O) groups is 1. The van der Waals surface area contributed by atoms with Crippen LogP contribution in [0.4, 0.5) is 0 Å². The molecule has 0 saturated carbocycles. The molecule has 0 saturated heterocycles. The molecule has 0 fully saturated rings. The predicted octanol–water partition coefficient (Wildman–Crippen LogP) is 2.62. The maximum absolute atomic E-state index is 11.0. The molecule has 1 rings (SSSR count). The SMILES string of the molecule is COC(=O)CCCCCNC(=S)N/N=C(/C)c1ccc(OC)cc1. The molecule has 24 heavy (non-hydrogen) atoms. The number of hydrogen-bond donors (Lipinski definition) is 2. The first-order chi connectivity index (χ1) is 11.6. The van der Waals surface area contributed by atoms with Gasteiger partial charge in [0, 0.05) is 13.0 Å². The van der Waals surface area contributed by atoms with E-state index in [1.54, 1.807) is 7.11 Å². The number of unbranched alkanes of at least 4 members (excludes halogenated alkanes) is 2. The zero-order chi connectivity index (χ0) is 17.8. The highest BCUT2D eigenvalue weighted by Crippen LogP contribution is 2.11. The minimum atomic E-state index is -0.163. The summed E-state index contributed by atoms with van der Waals surface area (Å²) in [5, 5.41) is 7.83. The summed E-state index contributed by atoms with van der Waals surface area (Å²) >= 11 is 5.18. The van der Waals surface area contributed by atoms with Crippen LogP contribution in [0, 0.1) is 0 Å². The van der Waals surface area contributed by atoms with E-state index in [4.69, 9.17) is 17.0 Å². The predicted molar refractivity (Wildman–Crippen MR) is 99.4 cm³/mol. The van der Waals surface area contributed by atoms with Crippen LogP contribution < -0.4 is 15.5 Å².